The number of amides is 1. The molecular weight excluding hydrogens is 358 g/mol. The van der Waals surface area contributed by atoms with Crippen molar-refractivity contribution in [2.45, 2.75) is 31.1 Å². The zero-order valence-electron chi connectivity index (χ0n) is 14.4. The Kier molecular flexibility index (Phi) is 5.38. The fourth-order valence-corrected chi connectivity index (χ4v) is 6.66. The first-order valence-electron chi connectivity index (χ1n) is 8.45. The summed E-state index contributed by atoms with van der Waals surface area (Å²) in [6.45, 7) is 2.84. The van der Waals surface area contributed by atoms with Crippen LogP contribution in [-0.2, 0) is 9.84 Å². The number of thioether (sulfide) groups is 1. The molecule has 1 N–H and O–H groups in total. The van der Waals surface area contributed by atoms with Gasteiger partial charge in [0.1, 0.15) is 0 Å². The number of unbranched alkanes of at least 4 members (excludes halogenated alkanes) is 1. The van der Waals surface area contributed by atoms with Crippen molar-refractivity contribution < 1.29 is 13.2 Å². The van der Waals surface area contributed by atoms with Gasteiger partial charge in [-0.2, -0.15) is 0 Å². The van der Waals surface area contributed by atoms with Crippen LogP contribution in [0.5, 0.6) is 0 Å². The van der Waals surface area contributed by atoms with Crippen molar-refractivity contribution in [1.29, 1.82) is 0 Å². The van der Waals surface area contributed by atoms with Crippen LogP contribution >= 0.6 is 11.8 Å². The third-order valence-corrected chi connectivity index (χ3v) is 7.51. The molecule has 2 atom stereocenters. The summed E-state index contributed by atoms with van der Waals surface area (Å²) < 4.78 is 23.2. The minimum atomic E-state index is -2.94. The van der Waals surface area contributed by atoms with Gasteiger partial charge < -0.3 is 10.2 Å². The molecule has 0 aromatic heterocycles. The Morgan fingerprint density at radius 2 is 2.20 bits per heavy atom. The van der Waals surface area contributed by atoms with Crippen molar-refractivity contribution in [1.82, 2.24) is 4.90 Å². The molecule has 2 aliphatic rings. The van der Waals surface area contributed by atoms with E-state index < -0.39 is 9.84 Å². The van der Waals surface area contributed by atoms with Crippen LogP contribution in [0.25, 0.3) is 0 Å². The van der Waals surface area contributed by atoms with E-state index in [0.717, 1.165) is 30.2 Å². The highest BCUT2D eigenvalue weighted by Gasteiger charge is 2.42. The number of sulfone groups is 1. The lowest BCUT2D eigenvalue weighted by atomic mass is 10.1. The van der Waals surface area contributed by atoms with E-state index in [1.165, 1.54) is 11.8 Å². The zero-order chi connectivity index (χ0) is 18.0. The number of nitrogens with zero attached hydrogens (tertiary/aromatic N) is 2. The number of hydrogen-bond donors (Lipinski definition) is 1. The summed E-state index contributed by atoms with van der Waals surface area (Å²) in [5.74, 6) is 0.329. The molecule has 1 aromatic carbocycles. The van der Waals surface area contributed by atoms with Crippen LogP contribution in [0.2, 0.25) is 0 Å². The van der Waals surface area contributed by atoms with Gasteiger partial charge in [-0.3, -0.25) is 9.79 Å². The number of hydrogen-bond acceptors (Lipinski definition) is 6. The molecule has 6 nitrogen and oxygen atoms in total. The smallest absolute Gasteiger partial charge is 0.253 e. The highest BCUT2D eigenvalue weighted by atomic mass is 32.2. The number of benzene rings is 1. The molecule has 0 spiro atoms. The first kappa shape index (κ1) is 18.3. The molecule has 1 fully saturated rings. The molecule has 1 saturated heterocycles. The third-order valence-electron chi connectivity index (χ3n) is 4.37. The maximum atomic E-state index is 12.5. The number of rotatable bonds is 5. The van der Waals surface area contributed by atoms with Gasteiger partial charge in [-0.1, -0.05) is 31.2 Å². The second kappa shape index (κ2) is 7.37. The number of anilines is 1. The number of fused-ring (bicyclic) bond motifs is 1. The molecule has 3 rings (SSSR count). The fraction of sp³-hybridized carbons (Fsp3) is 0.529. The van der Waals surface area contributed by atoms with Gasteiger partial charge in [0.15, 0.2) is 15.0 Å². The van der Waals surface area contributed by atoms with E-state index in [1.807, 2.05) is 25.2 Å². The van der Waals surface area contributed by atoms with Crippen LogP contribution < -0.4 is 5.32 Å². The second-order valence-electron chi connectivity index (χ2n) is 6.52. The minimum absolute atomic E-state index is 0.000997. The predicted molar refractivity (Wildman–Crippen MR) is 103 cm³/mol. The van der Waals surface area contributed by atoms with Crippen LogP contribution in [0.4, 0.5) is 5.69 Å². The van der Waals surface area contributed by atoms with Crippen LogP contribution in [0.3, 0.4) is 0 Å². The van der Waals surface area contributed by atoms with E-state index in [9.17, 15) is 13.2 Å². The molecular formula is C17H23N3O3S2. The van der Waals surface area contributed by atoms with Gasteiger partial charge in [-0.25, -0.2) is 8.42 Å². The Bertz CT molecular complexity index is 792. The second-order valence-corrected chi connectivity index (χ2v) is 9.90. The van der Waals surface area contributed by atoms with E-state index >= 15 is 0 Å². The van der Waals surface area contributed by atoms with Gasteiger partial charge >= 0.3 is 0 Å². The maximum Gasteiger partial charge on any atom is 0.253 e. The highest BCUT2D eigenvalue weighted by molar-refractivity contribution is 8.15. The molecule has 8 heteroatoms. The summed E-state index contributed by atoms with van der Waals surface area (Å²) >= 11 is 1.47. The number of nitrogens with one attached hydrogen (secondary N) is 1. The van der Waals surface area contributed by atoms with Crippen LogP contribution in [-0.4, -0.2) is 60.8 Å². The molecule has 0 bridgehead atoms. The third kappa shape index (κ3) is 4.36. The van der Waals surface area contributed by atoms with Gasteiger partial charge in [0.05, 0.1) is 17.5 Å². The Hall–Kier alpha value is -1.54. The lowest BCUT2D eigenvalue weighted by Crippen LogP contribution is -2.27. The summed E-state index contributed by atoms with van der Waals surface area (Å²) in [6, 6.07) is 7.20. The zero-order valence-corrected chi connectivity index (χ0v) is 16.1. The van der Waals surface area contributed by atoms with E-state index in [2.05, 4.69) is 17.2 Å². The summed E-state index contributed by atoms with van der Waals surface area (Å²) in [5.41, 5.74) is 1.43. The molecule has 2 aliphatic heterocycles. The number of amidine groups is 1. The first-order valence-corrected chi connectivity index (χ1v) is 11.2. The largest absolute Gasteiger partial charge is 0.342 e. The van der Waals surface area contributed by atoms with E-state index in [4.69, 9.17) is 0 Å². The average molecular weight is 382 g/mol. The Labute approximate surface area is 153 Å². The molecule has 1 amide bonds. The van der Waals surface area contributed by atoms with Gasteiger partial charge in [-0.05, 0) is 24.6 Å². The van der Waals surface area contributed by atoms with E-state index in [1.54, 1.807) is 11.0 Å². The standard InChI is InChI=1S/C17H23N3O3S2/c1-3-4-8-20(2)16(21)12-6-5-7-13(9-12)18-17-19-14-10-25(22,23)11-15(14)24-17/h5-7,9,14-15H,3-4,8,10-11H2,1-2H3,(H,18,19)/t14-,15+/m1/s1. The van der Waals surface area contributed by atoms with Crippen molar-refractivity contribution >= 4 is 38.4 Å². The quantitative estimate of drug-likeness (QED) is 0.846. The molecule has 2 heterocycles. The van der Waals surface area contributed by atoms with Gasteiger partial charge in [0.25, 0.3) is 5.91 Å². The van der Waals surface area contributed by atoms with Crippen molar-refractivity contribution in [2.24, 2.45) is 4.99 Å². The molecule has 0 aliphatic carbocycles. The average Bonchev–Trinajstić information content (AvgIpc) is 3.04. The Morgan fingerprint density at radius 1 is 1.40 bits per heavy atom. The van der Waals surface area contributed by atoms with Crippen molar-refractivity contribution in [3.8, 4) is 0 Å². The van der Waals surface area contributed by atoms with Crippen LogP contribution in [0.1, 0.15) is 30.1 Å². The Morgan fingerprint density at radius 3 is 2.92 bits per heavy atom. The summed E-state index contributed by atoms with van der Waals surface area (Å²) in [6.07, 6.45) is 2.04. The SMILES string of the molecule is CCCCN(C)C(=O)c1cccc(NC2=N[C@@H]3CS(=O)(=O)C[C@@H]3S2)c1. The summed E-state index contributed by atoms with van der Waals surface area (Å²) in [7, 11) is -1.13. The highest BCUT2D eigenvalue weighted by Crippen LogP contribution is 2.34. The normalized spacial score (nSPS) is 23.8. The fourth-order valence-electron chi connectivity index (χ4n) is 2.99. The minimum Gasteiger partial charge on any atom is -0.342 e. The lowest BCUT2D eigenvalue weighted by molar-refractivity contribution is 0.0793. The van der Waals surface area contributed by atoms with Crippen molar-refractivity contribution in [2.75, 3.05) is 30.4 Å². The van der Waals surface area contributed by atoms with E-state index in [0.29, 0.717) is 5.56 Å². The monoisotopic (exact) mass is 381 g/mol. The molecule has 0 saturated carbocycles. The van der Waals surface area contributed by atoms with Crippen LogP contribution in [0.15, 0.2) is 29.3 Å². The topological polar surface area (TPSA) is 78.8 Å². The summed E-state index contributed by atoms with van der Waals surface area (Å²) in [5, 5.41) is 3.96. The first-order chi connectivity index (χ1) is 11.9. The van der Waals surface area contributed by atoms with Gasteiger partial charge in [-0.15, -0.1) is 0 Å². The van der Waals surface area contributed by atoms with Gasteiger partial charge in [0.2, 0.25) is 0 Å². The number of carbonyl (C=O) groups excluding carboxylic acids is 1. The van der Waals surface area contributed by atoms with Crippen molar-refractivity contribution in [3.63, 3.8) is 0 Å². The number of aliphatic imine (C=N–C) groups is 1. The van der Waals surface area contributed by atoms with E-state index in [-0.39, 0.29) is 28.7 Å². The lowest BCUT2D eigenvalue weighted by Gasteiger charge is -2.17. The van der Waals surface area contributed by atoms with Crippen LogP contribution in [0, 0.1) is 0 Å². The Balaban J connectivity index is 1.66. The molecule has 0 unspecified atom stereocenters. The maximum absolute atomic E-state index is 12.5. The van der Waals surface area contributed by atoms with Crippen molar-refractivity contribution in [3.05, 3.63) is 29.8 Å². The molecule has 0 radical (unpaired) electrons. The van der Waals surface area contributed by atoms with Gasteiger partial charge in [0, 0.05) is 30.1 Å². The predicted octanol–water partition coefficient (Wildman–Crippen LogP) is 2.24. The molecule has 136 valence electrons. The number of carbonyl (C=O) groups is 1. The molecule has 25 heavy (non-hydrogen) atoms. The summed E-state index contributed by atoms with van der Waals surface area (Å²) in [4.78, 5) is 18.7. The molecule has 1 aromatic rings.